The van der Waals surface area contributed by atoms with Crippen LogP contribution in [0.3, 0.4) is 0 Å². The molecule has 0 N–H and O–H groups in total. The Morgan fingerprint density at radius 1 is 1.00 bits per heavy atom. The molecule has 4 saturated carbocycles. The molecule has 2 atom stereocenters. The second-order valence-electron chi connectivity index (χ2n) is 8.24. The van der Waals surface area contributed by atoms with Gasteiger partial charge < -0.3 is 4.74 Å². The Hall–Kier alpha value is -0.830. The first-order chi connectivity index (χ1) is 8.91. The van der Waals surface area contributed by atoms with Crippen molar-refractivity contribution in [3.05, 3.63) is 18.5 Å². The minimum atomic E-state index is 0.0875. The summed E-state index contributed by atoms with van der Waals surface area (Å²) in [7, 11) is 1.91. The molecule has 5 rings (SSSR count). The highest BCUT2D eigenvalue weighted by molar-refractivity contribution is 5.18. The number of hydrogen-bond acceptors (Lipinski definition) is 2. The van der Waals surface area contributed by atoms with E-state index in [4.69, 9.17) is 4.74 Å². The lowest BCUT2D eigenvalue weighted by Gasteiger charge is -2.68. The van der Waals surface area contributed by atoms with Crippen molar-refractivity contribution in [2.45, 2.75) is 63.5 Å². The van der Waals surface area contributed by atoms with Crippen LogP contribution in [-0.4, -0.2) is 22.5 Å². The Bertz CT molecular complexity index is 489. The van der Waals surface area contributed by atoms with Crippen molar-refractivity contribution in [3.8, 4) is 0 Å². The lowest BCUT2D eigenvalue weighted by molar-refractivity contribution is -0.231. The maximum absolute atomic E-state index is 6.06. The first-order valence-electron chi connectivity index (χ1n) is 7.46. The molecule has 104 valence electrons. The molecule has 0 saturated heterocycles. The zero-order valence-corrected chi connectivity index (χ0v) is 12.3. The molecule has 1 aromatic rings. The van der Waals surface area contributed by atoms with Gasteiger partial charge in [-0.15, -0.1) is 0 Å². The molecule has 0 spiro atoms. The summed E-state index contributed by atoms with van der Waals surface area (Å²) in [4.78, 5) is 0. The summed E-state index contributed by atoms with van der Waals surface area (Å²) >= 11 is 0. The third kappa shape index (κ3) is 1.51. The van der Waals surface area contributed by atoms with E-state index in [2.05, 4.69) is 35.9 Å². The summed E-state index contributed by atoms with van der Waals surface area (Å²) in [6.07, 6.45) is 11.6. The second kappa shape index (κ2) is 3.25. The van der Waals surface area contributed by atoms with Gasteiger partial charge in [0.25, 0.3) is 0 Å². The molecular weight excluding hydrogens is 236 g/mol. The van der Waals surface area contributed by atoms with Gasteiger partial charge in [-0.25, -0.2) is 0 Å². The number of hydrogen-bond donors (Lipinski definition) is 0. The van der Waals surface area contributed by atoms with Crippen molar-refractivity contribution in [3.63, 3.8) is 0 Å². The first kappa shape index (κ1) is 12.0. The Morgan fingerprint density at radius 3 is 2.21 bits per heavy atom. The number of rotatable bonds is 2. The van der Waals surface area contributed by atoms with E-state index in [0.29, 0.717) is 10.8 Å². The minimum absolute atomic E-state index is 0.0875. The Balaban J connectivity index is 1.86. The van der Waals surface area contributed by atoms with Gasteiger partial charge >= 0.3 is 0 Å². The summed E-state index contributed by atoms with van der Waals surface area (Å²) in [5, 5.41) is 4.59. The summed E-state index contributed by atoms with van der Waals surface area (Å²) < 4.78 is 8.31. The van der Waals surface area contributed by atoms with E-state index in [9.17, 15) is 0 Å². The van der Waals surface area contributed by atoms with E-state index >= 15 is 0 Å². The number of methoxy groups -OCH3 is 1. The SMILES string of the molecule is COC12CC3(C)CC(C)(C1)CC(n1cccn1)(C3)C2. The smallest absolute Gasteiger partial charge is 0.0712 e. The number of aromatic nitrogens is 2. The van der Waals surface area contributed by atoms with E-state index in [1.54, 1.807) is 0 Å². The average Bonchev–Trinajstić information content (AvgIpc) is 2.77. The fourth-order valence-corrected chi connectivity index (χ4v) is 6.53. The van der Waals surface area contributed by atoms with Gasteiger partial charge in [0.05, 0.1) is 11.1 Å². The summed E-state index contributed by atoms with van der Waals surface area (Å²) in [5.74, 6) is 0. The highest BCUT2D eigenvalue weighted by atomic mass is 16.5. The van der Waals surface area contributed by atoms with Crippen LogP contribution in [0.2, 0.25) is 0 Å². The van der Waals surface area contributed by atoms with E-state index in [1.165, 1.54) is 32.1 Å². The molecule has 3 heteroatoms. The van der Waals surface area contributed by atoms with Crippen LogP contribution in [0, 0.1) is 10.8 Å². The van der Waals surface area contributed by atoms with Gasteiger partial charge in [-0.05, 0) is 49.0 Å². The van der Waals surface area contributed by atoms with Gasteiger partial charge in [0.1, 0.15) is 0 Å². The fourth-order valence-electron chi connectivity index (χ4n) is 6.53. The molecule has 0 aromatic carbocycles. The molecule has 4 fully saturated rings. The molecule has 19 heavy (non-hydrogen) atoms. The molecule has 0 aliphatic heterocycles. The standard InChI is InChI=1S/C16H24N2O/c1-13-7-14(2)9-15(8-13,18-6-4-5-17-18)12-16(10-13,11-14)19-3/h4-6H,7-12H2,1-3H3. The number of nitrogens with zero attached hydrogens (tertiary/aromatic N) is 2. The molecule has 4 bridgehead atoms. The lowest BCUT2D eigenvalue weighted by Crippen LogP contribution is -2.66. The lowest BCUT2D eigenvalue weighted by atomic mass is 9.41. The van der Waals surface area contributed by atoms with Gasteiger partial charge in [-0.3, -0.25) is 4.68 Å². The Morgan fingerprint density at radius 2 is 1.68 bits per heavy atom. The highest BCUT2D eigenvalue weighted by Gasteiger charge is 2.66. The van der Waals surface area contributed by atoms with Crippen molar-refractivity contribution in [2.75, 3.05) is 7.11 Å². The van der Waals surface area contributed by atoms with Crippen LogP contribution in [-0.2, 0) is 10.3 Å². The van der Waals surface area contributed by atoms with Crippen molar-refractivity contribution in [2.24, 2.45) is 10.8 Å². The van der Waals surface area contributed by atoms with E-state index in [1.807, 2.05) is 13.3 Å². The molecular formula is C16H24N2O. The van der Waals surface area contributed by atoms with E-state index in [-0.39, 0.29) is 11.1 Å². The molecule has 2 unspecified atom stereocenters. The minimum Gasteiger partial charge on any atom is -0.378 e. The van der Waals surface area contributed by atoms with Crippen molar-refractivity contribution in [1.29, 1.82) is 0 Å². The van der Waals surface area contributed by atoms with Gasteiger partial charge in [0.15, 0.2) is 0 Å². The fraction of sp³-hybridized carbons (Fsp3) is 0.812. The topological polar surface area (TPSA) is 27.1 Å². The highest BCUT2D eigenvalue weighted by Crippen LogP contribution is 2.70. The van der Waals surface area contributed by atoms with E-state index < -0.39 is 0 Å². The molecule has 4 aliphatic carbocycles. The third-order valence-corrected chi connectivity index (χ3v) is 5.94. The van der Waals surface area contributed by atoms with E-state index in [0.717, 1.165) is 6.42 Å². The largest absolute Gasteiger partial charge is 0.378 e. The zero-order chi connectivity index (χ0) is 13.4. The van der Waals surface area contributed by atoms with Crippen LogP contribution in [0.4, 0.5) is 0 Å². The van der Waals surface area contributed by atoms with Gasteiger partial charge in [-0.2, -0.15) is 5.10 Å². The third-order valence-electron chi connectivity index (χ3n) is 5.94. The summed E-state index contributed by atoms with van der Waals surface area (Å²) in [5.41, 5.74) is 1.12. The second-order valence-corrected chi connectivity index (χ2v) is 8.24. The summed E-state index contributed by atoms with van der Waals surface area (Å²) in [6, 6.07) is 2.06. The molecule has 3 nitrogen and oxygen atoms in total. The van der Waals surface area contributed by atoms with Crippen molar-refractivity contribution >= 4 is 0 Å². The molecule has 1 heterocycles. The van der Waals surface area contributed by atoms with Crippen LogP contribution in [0.15, 0.2) is 18.5 Å². The molecule has 1 aromatic heterocycles. The van der Waals surface area contributed by atoms with Crippen molar-refractivity contribution < 1.29 is 4.74 Å². The van der Waals surface area contributed by atoms with Crippen LogP contribution in [0.25, 0.3) is 0 Å². The van der Waals surface area contributed by atoms with Gasteiger partial charge in [0.2, 0.25) is 0 Å². The predicted molar refractivity (Wildman–Crippen MR) is 73.9 cm³/mol. The molecule has 0 amide bonds. The van der Waals surface area contributed by atoms with Gasteiger partial charge in [0, 0.05) is 25.9 Å². The van der Waals surface area contributed by atoms with Gasteiger partial charge in [-0.1, -0.05) is 13.8 Å². The van der Waals surface area contributed by atoms with Crippen molar-refractivity contribution in [1.82, 2.24) is 9.78 Å². The Kier molecular flexibility index (Phi) is 2.04. The maximum Gasteiger partial charge on any atom is 0.0712 e. The monoisotopic (exact) mass is 260 g/mol. The van der Waals surface area contributed by atoms with Crippen LogP contribution >= 0.6 is 0 Å². The molecule has 0 radical (unpaired) electrons. The average molecular weight is 260 g/mol. The Labute approximate surface area is 115 Å². The summed E-state index contributed by atoms with van der Waals surface area (Å²) in [6.45, 7) is 4.93. The quantitative estimate of drug-likeness (QED) is 0.815. The molecule has 4 aliphatic rings. The predicted octanol–water partition coefficient (Wildman–Crippen LogP) is 3.36. The van der Waals surface area contributed by atoms with Crippen LogP contribution in [0.1, 0.15) is 52.4 Å². The zero-order valence-electron chi connectivity index (χ0n) is 12.3. The van der Waals surface area contributed by atoms with Crippen LogP contribution in [0.5, 0.6) is 0 Å². The first-order valence-corrected chi connectivity index (χ1v) is 7.46. The maximum atomic E-state index is 6.06. The van der Waals surface area contributed by atoms with Crippen LogP contribution < -0.4 is 0 Å². The normalized spacial score (nSPS) is 51.7. The number of ether oxygens (including phenoxy) is 1.